The molecule has 0 bridgehead atoms. The Labute approximate surface area is 191 Å². The highest BCUT2D eigenvalue weighted by Gasteiger charge is 2.24. The number of ether oxygens (including phenoxy) is 1. The van der Waals surface area contributed by atoms with E-state index in [1.807, 2.05) is 6.92 Å². The van der Waals surface area contributed by atoms with Crippen LogP contribution in [0.1, 0.15) is 57.1 Å². The Morgan fingerprint density at radius 1 is 1.18 bits per heavy atom. The third kappa shape index (κ3) is 7.26. The number of carbonyl (C=O) groups excluding carboxylic acids is 2. The third-order valence-corrected chi connectivity index (χ3v) is 4.64. The third-order valence-electron chi connectivity index (χ3n) is 4.64. The maximum absolute atomic E-state index is 14.7. The van der Waals surface area contributed by atoms with Crippen LogP contribution in [-0.2, 0) is 4.74 Å². The molecule has 33 heavy (non-hydrogen) atoms. The quantitative estimate of drug-likeness (QED) is 0.464. The highest BCUT2D eigenvalue weighted by atomic mass is 19.1. The van der Waals surface area contributed by atoms with Gasteiger partial charge in [-0.1, -0.05) is 6.92 Å². The average molecular weight is 465 g/mol. The Kier molecular flexibility index (Phi) is 8.13. The van der Waals surface area contributed by atoms with E-state index in [0.717, 1.165) is 6.07 Å². The fourth-order valence-electron chi connectivity index (χ4n) is 2.94. The van der Waals surface area contributed by atoms with E-state index in [9.17, 15) is 18.4 Å². The number of hydrogen-bond acceptors (Lipinski definition) is 7. The van der Waals surface area contributed by atoms with Gasteiger partial charge in [0.05, 0.1) is 29.2 Å². The molecule has 0 aliphatic carbocycles. The van der Waals surface area contributed by atoms with Gasteiger partial charge in [-0.15, -0.1) is 0 Å². The van der Waals surface area contributed by atoms with Crippen LogP contribution in [0.5, 0.6) is 0 Å². The number of halogens is 2. The Morgan fingerprint density at radius 2 is 1.85 bits per heavy atom. The number of hydrogen-bond donors (Lipinski definition) is 4. The predicted molar refractivity (Wildman–Crippen MR) is 121 cm³/mol. The van der Waals surface area contributed by atoms with Gasteiger partial charge in [-0.2, -0.15) is 0 Å². The van der Waals surface area contributed by atoms with Gasteiger partial charge < -0.3 is 26.4 Å². The zero-order valence-corrected chi connectivity index (χ0v) is 19.5. The lowest BCUT2D eigenvalue weighted by atomic mass is 10.1. The van der Waals surface area contributed by atoms with Crippen LogP contribution in [0, 0.1) is 18.6 Å². The van der Waals surface area contributed by atoms with Crippen LogP contribution in [0.3, 0.4) is 0 Å². The van der Waals surface area contributed by atoms with E-state index in [2.05, 4.69) is 25.9 Å². The number of nitrogens with two attached hydrogens (primary N) is 1. The number of alkyl carbamates (subject to hydrolysis) is 1. The standard InChI is InChI=1S/C22H30F2N6O3/c1-7-17(29-21(32)33-22(4,5)6)12(3)27-20-16(24)9-14(18(25)31)19(30-20)28-13-8-15(23)11(2)26-10-13/h8-10,12,17H,7H2,1-6H3,(H2,25,31)(H,29,32)(H2,27,28,30)/t12-,17+/m1/s1. The summed E-state index contributed by atoms with van der Waals surface area (Å²) in [5, 5.41) is 8.40. The molecule has 2 atom stereocenters. The molecule has 2 amide bonds. The molecule has 0 saturated carbocycles. The lowest BCUT2D eigenvalue weighted by Crippen LogP contribution is -2.47. The van der Waals surface area contributed by atoms with Crippen molar-refractivity contribution in [3.63, 3.8) is 0 Å². The predicted octanol–water partition coefficient (Wildman–Crippen LogP) is 4.01. The molecule has 0 radical (unpaired) electrons. The number of rotatable bonds is 8. The van der Waals surface area contributed by atoms with Crippen LogP contribution >= 0.6 is 0 Å². The highest BCUT2D eigenvalue weighted by Crippen LogP contribution is 2.25. The molecule has 0 fully saturated rings. The van der Waals surface area contributed by atoms with Gasteiger partial charge in [0, 0.05) is 12.1 Å². The maximum Gasteiger partial charge on any atom is 0.407 e. The summed E-state index contributed by atoms with van der Waals surface area (Å²) in [7, 11) is 0. The van der Waals surface area contributed by atoms with Crippen molar-refractivity contribution in [3.05, 3.63) is 41.2 Å². The first-order chi connectivity index (χ1) is 15.3. The minimum absolute atomic E-state index is 0.0724. The van der Waals surface area contributed by atoms with Gasteiger partial charge in [-0.25, -0.2) is 18.6 Å². The van der Waals surface area contributed by atoms with Gasteiger partial charge in [0.15, 0.2) is 11.6 Å². The van der Waals surface area contributed by atoms with E-state index in [1.165, 1.54) is 19.2 Å². The molecule has 5 N–H and O–H groups in total. The van der Waals surface area contributed by atoms with Crippen molar-refractivity contribution in [2.75, 3.05) is 10.6 Å². The van der Waals surface area contributed by atoms with Gasteiger partial charge >= 0.3 is 6.09 Å². The monoisotopic (exact) mass is 464 g/mol. The molecule has 9 nitrogen and oxygen atoms in total. The molecule has 0 aliphatic rings. The molecule has 0 spiro atoms. The van der Waals surface area contributed by atoms with E-state index < -0.39 is 41.3 Å². The molecule has 2 aromatic rings. The van der Waals surface area contributed by atoms with Crippen molar-refractivity contribution in [2.45, 2.75) is 65.6 Å². The summed E-state index contributed by atoms with van der Waals surface area (Å²) in [6.07, 6.45) is 1.27. The van der Waals surface area contributed by atoms with Crippen LogP contribution in [0.15, 0.2) is 18.3 Å². The number of primary amides is 1. The van der Waals surface area contributed by atoms with Crippen molar-refractivity contribution < 1.29 is 23.1 Å². The van der Waals surface area contributed by atoms with Crippen LogP contribution < -0.4 is 21.7 Å². The van der Waals surface area contributed by atoms with Crippen LogP contribution in [0.4, 0.5) is 30.9 Å². The molecule has 0 aromatic carbocycles. The van der Waals surface area contributed by atoms with Gasteiger partial charge in [0.2, 0.25) is 0 Å². The lowest BCUT2D eigenvalue weighted by Gasteiger charge is -2.27. The first-order valence-electron chi connectivity index (χ1n) is 10.5. The van der Waals surface area contributed by atoms with Crippen molar-refractivity contribution in [1.82, 2.24) is 15.3 Å². The number of nitrogens with one attached hydrogen (secondary N) is 3. The molecular formula is C22H30F2N6O3. The second-order valence-electron chi connectivity index (χ2n) is 8.59. The summed E-state index contributed by atoms with van der Waals surface area (Å²) in [5.41, 5.74) is 4.88. The topological polar surface area (TPSA) is 131 Å². The number of nitrogens with zero attached hydrogens (tertiary/aromatic N) is 2. The van der Waals surface area contributed by atoms with E-state index in [-0.39, 0.29) is 28.6 Å². The highest BCUT2D eigenvalue weighted by molar-refractivity contribution is 5.98. The molecule has 180 valence electrons. The number of aromatic nitrogens is 2. The summed E-state index contributed by atoms with van der Waals surface area (Å²) in [6.45, 7) is 10.3. The smallest absolute Gasteiger partial charge is 0.407 e. The summed E-state index contributed by atoms with van der Waals surface area (Å²) in [6, 6.07) is 1.23. The summed E-state index contributed by atoms with van der Waals surface area (Å²) < 4.78 is 33.8. The number of amides is 2. The van der Waals surface area contributed by atoms with E-state index in [1.54, 1.807) is 27.7 Å². The van der Waals surface area contributed by atoms with Crippen LogP contribution in [0.2, 0.25) is 0 Å². The Bertz CT molecular complexity index is 1030. The van der Waals surface area contributed by atoms with Gasteiger partial charge in [-0.3, -0.25) is 9.78 Å². The normalized spacial score (nSPS) is 13.1. The van der Waals surface area contributed by atoms with Gasteiger partial charge in [0.1, 0.15) is 17.2 Å². The molecule has 2 rings (SSSR count). The van der Waals surface area contributed by atoms with Crippen molar-refractivity contribution in [2.24, 2.45) is 5.73 Å². The second-order valence-corrected chi connectivity index (χ2v) is 8.59. The fourth-order valence-corrected chi connectivity index (χ4v) is 2.94. The maximum atomic E-state index is 14.7. The Balaban J connectivity index is 2.28. The van der Waals surface area contributed by atoms with Crippen LogP contribution in [-0.4, -0.2) is 39.7 Å². The van der Waals surface area contributed by atoms with E-state index in [0.29, 0.717) is 6.42 Å². The first kappa shape index (κ1) is 25.8. The molecule has 2 aromatic heterocycles. The van der Waals surface area contributed by atoms with E-state index >= 15 is 0 Å². The fraction of sp³-hybridized carbons (Fsp3) is 0.455. The molecule has 0 aliphatic heterocycles. The van der Waals surface area contributed by atoms with Crippen molar-refractivity contribution >= 4 is 29.3 Å². The molecule has 0 unspecified atom stereocenters. The number of anilines is 3. The summed E-state index contributed by atoms with van der Waals surface area (Å²) in [5.74, 6) is -2.55. The summed E-state index contributed by atoms with van der Waals surface area (Å²) in [4.78, 5) is 32.0. The van der Waals surface area contributed by atoms with Crippen molar-refractivity contribution in [1.29, 1.82) is 0 Å². The number of carbonyl (C=O) groups is 2. The SMILES string of the molecule is CC[C@H](NC(=O)OC(C)(C)C)[C@@H](C)Nc1nc(Nc2cnc(C)c(F)c2)c(C(N)=O)cc1F. The zero-order valence-electron chi connectivity index (χ0n) is 19.5. The molecule has 0 saturated heterocycles. The minimum Gasteiger partial charge on any atom is -0.444 e. The molecule has 11 heteroatoms. The molecule has 2 heterocycles. The van der Waals surface area contributed by atoms with E-state index in [4.69, 9.17) is 10.5 Å². The van der Waals surface area contributed by atoms with Crippen LogP contribution in [0.25, 0.3) is 0 Å². The number of pyridine rings is 2. The summed E-state index contributed by atoms with van der Waals surface area (Å²) >= 11 is 0. The Morgan fingerprint density at radius 3 is 2.39 bits per heavy atom. The number of aryl methyl sites for hydroxylation is 1. The zero-order chi connectivity index (χ0) is 24.9. The Hall–Kier alpha value is -3.50. The van der Waals surface area contributed by atoms with Gasteiger partial charge in [-0.05, 0) is 47.1 Å². The average Bonchev–Trinajstić information content (AvgIpc) is 2.69. The van der Waals surface area contributed by atoms with Crippen molar-refractivity contribution in [3.8, 4) is 0 Å². The lowest BCUT2D eigenvalue weighted by molar-refractivity contribution is 0.0498. The minimum atomic E-state index is -0.915. The second kappa shape index (κ2) is 10.4. The molecular weight excluding hydrogens is 434 g/mol. The largest absolute Gasteiger partial charge is 0.444 e. The van der Waals surface area contributed by atoms with Gasteiger partial charge in [0.25, 0.3) is 5.91 Å². The first-order valence-corrected chi connectivity index (χ1v) is 10.5.